The Morgan fingerprint density at radius 2 is 2.19 bits per heavy atom. The quantitative estimate of drug-likeness (QED) is 0.841. The number of hydrogen-bond donors (Lipinski definition) is 1. The van der Waals surface area contributed by atoms with E-state index >= 15 is 0 Å². The van der Waals surface area contributed by atoms with E-state index in [1.807, 2.05) is 0 Å². The molecule has 0 aliphatic carbocycles. The summed E-state index contributed by atoms with van der Waals surface area (Å²) in [6.07, 6.45) is 1.74. The van der Waals surface area contributed by atoms with Gasteiger partial charge in [-0.15, -0.1) is 0 Å². The second-order valence-corrected chi connectivity index (χ2v) is 3.37. The summed E-state index contributed by atoms with van der Waals surface area (Å²) in [6, 6.07) is 5.65. The lowest BCUT2D eigenvalue weighted by molar-refractivity contribution is 0.0692. The van der Waals surface area contributed by atoms with Crippen LogP contribution in [0.3, 0.4) is 0 Å². The largest absolute Gasteiger partial charge is 0.478 e. The van der Waals surface area contributed by atoms with Gasteiger partial charge in [0.25, 0.3) is 0 Å². The summed E-state index contributed by atoms with van der Waals surface area (Å²) in [6.45, 7) is 0. The maximum Gasteiger partial charge on any atom is 0.338 e. The van der Waals surface area contributed by atoms with Gasteiger partial charge < -0.3 is 5.11 Å². The molecular weight excluding hydrogens is 211 g/mol. The minimum atomic E-state index is -1.28. The average Bonchev–Trinajstić information content (AvgIpc) is 2.65. The lowest BCUT2D eigenvalue weighted by atomic mass is 10.1. The summed E-state index contributed by atoms with van der Waals surface area (Å²) in [4.78, 5) is 10.7. The first-order valence-corrected chi connectivity index (χ1v) is 4.61. The second-order valence-electron chi connectivity index (χ2n) is 3.37. The van der Waals surface area contributed by atoms with E-state index in [0.29, 0.717) is 11.3 Å². The fourth-order valence-electron chi connectivity index (χ4n) is 1.42. The van der Waals surface area contributed by atoms with Crippen molar-refractivity contribution in [1.82, 2.24) is 9.78 Å². The lowest BCUT2D eigenvalue weighted by Gasteiger charge is -2.00. The van der Waals surface area contributed by atoms with Crippen molar-refractivity contribution in [3.63, 3.8) is 0 Å². The van der Waals surface area contributed by atoms with Gasteiger partial charge in [0, 0.05) is 18.8 Å². The van der Waals surface area contributed by atoms with E-state index in [0.717, 1.165) is 6.07 Å². The summed E-state index contributed by atoms with van der Waals surface area (Å²) in [7, 11) is 1.76. The highest BCUT2D eigenvalue weighted by atomic mass is 19.1. The van der Waals surface area contributed by atoms with E-state index in [1.54, 1.807) is 24.0 Å². The SMILES string of the molecule is Cn1ccc(-c2ccc(F)c(C(=O)O)c2)n1. The molecule has 0 aliphatic heterocycles. The Bertz CT molecular complexity index is 549. The number of aromatic carboxylic acids is 1. The van der Waals surface area contributed by atoms with Gasteiger partial charge in [0.2, 0.25) is 0 Å². The molecule has 0 aliphatic rings. The van der Waals surface area contributed by atoms with Crippen LogP contribution in [0.1, 0.15) is 10.4 Å². The Kier molecular flexibility index (Phi) is 2.44. The number of carbonyl (C=O) groups is 1. The second kappa shape index (κ2) is 3.77. The smallest absolute Gasteiger partial charge is 0.338 e. The van der Waals surface area contributed by atoms with Crippen molar-refractivity contribution in [3.05, 3.63) is 41.8 Å². The van der Waals surface area contributed by atoms with Crippen LogP contribution in [0.2, 0.25) is 0 Å². The molecule has 2 rings (SSSR count). The molecule has 0 spiro atoms. The Balaban J connectivity index is 2.51. The number of carboxylic acid groups (broad SMARTS) is 1. The third-order valence-corrected chi connectivity index (χ3v) is 2.21. The maximum absolute atomic E-state index is 13.1. The predicted molar refractivity (Wildman–Crippen MR) is 55.6 cm³/mol. The molecule has 82 valence electrons. The van der Waals surface area contributed by atoms with Crippen molar-refractivity contribution in [2.75, 3.05) is 0 Å². The van der Waals surface area contributed by atoms with Crippen LogP contribution in [-0.2, 0) is 7.05 Å². The number of aromatic nitrogens is 2. The monoisotopic (exact) mass is 220 g/mol. The lowest BCUT2D eigenvalue weighted by Crippen LogP contribution is -2.00. The zero-order valence-electron chi connectivity index (χ0n) is 8.51. The van der Waals surface area contributed by atoms with Crippen LogP contribution in [-0.4, -0.2) is 20.9 Å². The summed E-state index contributed by atoms with van der Waals surface area (Å²) in [5.74, 6) is -2.03. The first-order chi connectivity index (χ1) is 7.58. The fraction of sp³-hybridized carbons (Fsp3) is 0.0909. The number of nitrogens with zero attached hydrogens (tertiary/aromatic N) is 2. The number of carboxylic acids is 1. The standard InChI is InChI=1S/C11H9FN2O2/c1-14-5-4-10(13-14)7-2-3-9(12)8(6-7)11(15)16/h2-6H,1H3,(H,15,16). The van der Waals surface area contributed by atoms with Crippen molar-refractivity contribution in [2.45, 2.75) is 0 Å². The van der Waals surface area contributed by atoms with Crippen LogP contribution in [0.4, 0.5) is 4.39 Å². The number of hydrogen-bond acceptors (Lipinski definition) is 2. The van der Waals surface area contributed by atoms with Crippen molar-refractivity contribution < 1.29 is 14.3 Å². The molecule has 16 heavy (non-hydrogen) atoms. The number of rotatable bonds is 2. The molecule has 0 amide bonds. The van der Waals surface area contributed by atoms with Crippen LogP contribution in [0.25, 0.3) is 11.3 Å². The normalized spacial score (nSPS) is 10.4. The van der Waals surface area contributed by atoms with Crippen molar-refractivity contribution in [3.8, 4) is 11.3 Å². The molecule has 4 nitrogen and oxygen atoms in total. The van der Waals surface area contributed by atoms with E-state index in [4.69, 9.17) is 5.11 Å². The summed E-state index contributed by atoms with van der Waals surface area (Å²) in [5.41, 5.74) is 0.854. The van der Waals surface area contributed by atoms with E-state index in [9.17, 15) is 9.18 Å². The molecule has 0 saturated heterocycles. The molecule has 0 bridgehead atoms. The fourth-order valence-corrected chi connectivity index (χ4v) is 1.42. The van der Waals surface area contributed by atoms with Crippen LogP contribution in [0, 0.1) is 5.82 Å². The molecule has 1 aromatic carbocycles. The third-order valence-electron chi connectivity index (χ3n) is 2.21. The molecular formula is C11H9FN2O2. The predicted octanol–water partition coefficient (Wildman–Crippen LogP) is 1.92. The summed E-state index contributed by atoms with van der Waals surface area (Å²) in [5, 5.41) is 12.9. The van der Waals surface area contributed by atoms with Gasteiger partial charge in [-0.2, -0.15) is 5.10 Å². The van der Waals surface area contributed by atoms with Crippen LogP contribution in [0.5, 0.6) is 0 Å². The molecule has 0 saturated carbocycles. The van der Waals surface area contributed by atoms with Crippen molar-refractivity contribution >= 4 is 5.97 Å². The van der Waals surface area contributed by atoms with Crippen LogP contribution < -0.4 is 0 Å². The van der Waals surface area contributed by atoms with Crippen LogP contribution in [0.15, 0.2) is 30.5 Å². The highest BCUT2D eigenvalue weighted by Gasteiger charge is 2.12. The van der Waals surface area contributed by atoms with E-state index < -0.39 is 11.8 Å². The summed E-state index contributed by atoms with van der Waals surface area (Å²) < 4.78 is 14.7. The minimum absolute atomic E-state index is 0.344. The molecule has 1 N–H and O–H groups in total. The highest BCUT2D eigenvalue weighted by molar-refractivity contribution is 5.89. The van der Waals surface area contributed by atoms with Gasteiger partial charge in [-0.25, -0.2) is 9.18 Å². The van der Waals surface area contributed by atoms with Gasteiger partial charge >= 0.3 is 5.97 Å². The minimum Gasteiger partial charge on any atom is -0.478 e. The first kappa shape index (κ1) is 10.4. The highest BCUT2D eigenvalue weighted by Crippen LogP contribution is 2.20. The van der Waals surface area contributed by atoms with Crippen molar-refractivity contribution in [2.24, 2.45) is 7.05 Å². The van der Waals surface area contributed by atoms with Gasteiger partial charge in [0.15, 0.2) is 0 Å². The van der Waals surface area contributed by atoms with Gasteiger partial charge in [-0.3, -0.25) is 4.68 Å². The Hall–Kier alpha value is -2.17. The Labute approximate surface area is 90.9 Å². The molecule has 1 heterocycles. The third kappa shape index (κ3) is 1.79. The molecule has 1 aromatic heterocycles. The average molecular weight is 220 g/mol. The molecule has 0 fully saturated rings. The van der Waals surface area contributed by atoms with Crippen LogP contribution >= 0.6 is 0 Å². The van der Waals surface area contributed by atoms with Crippen molar-refractivity contribution in [1.29, 1.82) is 0 Å². The Morgan fingerprint density at radius 1 is 1.44 bits per heavy atom. The molecule has 5 heteroatoms. The molecule has 0 unspecified atom stereocenters. The van der Waals surface area contributed by atoms with Gasteiger partial charge in [0.1, 0.15) is 5.82 Å². The Morgan fingerprint density at radius 3 is 2.75 bits per heavy atom. The van der Waals surface area contributed by atoms with E-state index in [-0.39, 0.29) is 5.56 Å². The van der Waals surface area contributed by atoms with Gasteiger partial charge in [-0.1, -0.05) is 0 Å². The number of halogens is 1. The number of benzene rings is 1. The van der Waals surface area contributed by atoms with Gasteiger partial charge in [-0.05, 0) is 24.3 Å². The first-order valence-electron chi connectivity index (χ1n) is 4.61. The molecule has 0 atom stereocenters. The summed E-state index contributed by atoms with van der Waals surface area (Å²) >= 11 is 0. The topological polar surface area (TPSA) is 55.1 Å². The maximum atomic E-state index is 13.1. The van der Waals surface area contributed by atoms with E-state index in [1.165, 1.54) is 12.1 Å². The molecule has 0 radical (unpaired) electrons. The molecule has 2 aromatic rings. The van der Waals surface area contributed by atoms with E-state index in [2.05, 4.69) is 5.10 Å². The zero-order chi connectivity index (χ0) is 11.7. The number of aryl methyl sites for hydroxylation is 1. The zero-order valence-corrected chi connectivity index (χ0v) is 8.51. The van der Waals surface area contributed by atoms with Gasteiger partial charge in [0.05, 0.1) is 11.3 Å².